The molecule has 0 aliphatic carbocycles. The Morgan fingerprint density at radius 3 is 2.40 bits per heavy atom. The average Bonchev–Trinajstić information content (AvgIpc) is 2.43. The van der Waals surface area contributed by atoms with Crippen molar-refractivity contribution in [3.8, 4) is 0 Å². The summed E-state index contributed by atoms with van der Waals surface area (Å²) in [4.78, 5) is 11.6. The largest absolute Gasteiger partial charge is 0.391 e. The third-order valence-corrected chi connectivity index (χ3v) is 3.34. The van der Waals surface area contributed by atoms with Gasteiger partial charge >= 0.3 is 6.03 Å². The smallest absolute Gasteiger partial charge is 0.314 e. The molecule has 3 N–H and O–H groups in total. The minimum atomic E-state index is -0.458. The van der Waals surface area contributed by atoms with E-state index in [1.165, 1.54) is 11.1 Å². The van der Waals surface area contributed by atoms with E-state index in [0.717, 1.165) is 6.42 Å². The SMILES string of the molecule is CCCC(O)CNC(=O)NCC(C)c1ccc(C)cc1. The van der Waals surface area contributed by atoms with Crippen molar-refractivity contribution in [2.45, 2.75) is 45.6 Å². The first-order valence-electron chi connectivity index (χ1n) is 7.29. The van der Waals surface area contributed by atoms with Crippen LogP contribution in [0.15, 0.2) is 24.3 Å². The van der Waals surface area contributed by atoms with Crippen LogP contribution < -0.4 is 10.6 Å². The van der Waals surface area contributed by atoms with E-state index in [1.807, 2.05) is 6.92 Å². The first-order chi connectivity index (χ1) is 9.52. The van der Waals surface area contributed by atoms with Gasteiger partial charge in [0.25, 0.3) is 0 Å². The molecule has 0 heterocycles. The number of aliphatic hydroxyl groups excluding tert-OH is 1. The van der Waals surface area contributed by atoms with E-state index >= 15 is 0 Å². The summed E-state index contributed by atoms with van der Waals surface area (Å²) >= 11 is 0. The van der Waals surface area contributed by atoms with Crippen LogP contribution in [0.4, 0.5) is 4.79 Å². The predicted octanol–water partition coefficient (Wildman–Crippen LogP) is 2.56. The molecule has 2 amide bonds. The summed E-state index contributed by atoms with van der Waals surface area (Å²) in [5, 5.41) is 15.1. The van der Waals surface area contributed by atoms with Crippen molar-refractivity contribution in [1.82, 2.24) is 10.6 Å². The predicted molar refractivity (Wildman–Crippen MR) is 81.9 cm³/mol. The summed E-state index contributed by atoms with van der Waals surface area (Å²) in [6.07, 6.45) is 1.16. The van der Waals surface area contributed by atoms with Gasteiger partial charge in [-0.25, -0.2) is 4.79 Å². The molecule has 4 heteroatoms. The molecule has 112 valence electrons. The fourth-order valence-electron chi connectivity index (χ4n) is 1.97. The van der Waals surface area contributed by atoms with Gasteiger partial charge in [-0.3, -0.25) is 0 Å². The monoisotopic (exact) mass is 278 g/mol. The zero-order valence-electron chi connectivity index (χ0n) is 12.6. The van der Waals surface area contributed by atoms with Crippen LogP contribution in [0.3, 0.4) is 0 Å². The summed E-state index contributed by atoms with van der Waals surface area (Å²) in [5.74, 6) is 0.266. The zero-order valence-corrected chi connectivity index (χ0v) is 12.6. The number of benzene rings is 1. The van der Waals surface area contributed by atoms with Crippen molar-refractivity contribution in [1.29, 1.82) is 0 Å². The van der Waals surface area contributed by atoms with Crippen molar-refractivity contribution < 1.29 is 9.90 Å². The lowest BCUT2D eigenvalue weighted by Gasteiger charge is -2.15. The van der Waals surface area contributed by atoms with E-state index in [9.17, 15) is 9.90 Å². The van der Waals surface area contributed by atoms with Gasteiger partial charge in [-0.05, 0) is 24.8 Å². The second-order valence-electron chi connectivity index (χ2n) is 5.35. The van der Waals surface area contributed by atoms with Crippen LogP contribution in [0.2, 0.25) is 0 Å². The molecule has 0 aromatic heterocycles. The highest BCUT2D eigenvalue weighted by atomic mass is 16.3. The van der Waals surface area contributed by atoms with Gasteiger partial charge in [0.15, 0.2) is 0 Å². The van der Waals surface area contributed by atoms with Gasteiger partial charge in [0, 0.05) is 13.1 Å². The minimum Gasteiger partial charge on any atom is -0.391 e. The molecule has 0 aliphatic rings. The number of amides is 2. The number of aryl methyl sites for hydroxylation is 1. The number of aliphatic hydroxyl groups is 1. The molecule has 0 saturated heterocycles. The normalized spacial score (nSPS) is 13.6. The molecule has 2 unspecified atom stereocenters. The highest BCUT2D eigenvalue weighted by Crippen LogP contribution is 2.14. The minimum absolute atomic E-state index is 0.223. The Bertz CT molecular complexity index is 403. The Balaban J connectivity index is 2.28. The van der Waals surface area contributed by atoms with Crippen LogP contribution in [0.25, 0.3) is 0 Å². The number of carbonyl (C=O) groups is 1. The molecule has 1 rings (SSSR count). The van der Waals surface area contributed by atoms with Gasteiger partial charge in [0.05, 0.1) is 6.10 Å². The van der Waals surface area contributed by atoms with Crippen LogP contribution in [0, 0.1) is 6.92 Å². The van der Waals surface area contributed by atoms with Gasteiger partial charge in [-0.2, -0.15) is 0 Å². The molecule has 1 aromatic carbocycles. The summed E-state index contributed by atoms with van der Waals surface area (Å²) in [7, 11) is 0. The van der Waals surface area contributed by atoms with E-state index in [4.69, 9.17) is 0 Å². The Morgan fingerprint density at radius 1 is 1.20 bits per heavy atom. The first-order valence-corrected chi connectivity index (χ1v) is 7.29. The van der Waals surface area contributed by atoms with E-state index in [2.05, 4.69) is 48.7 Å². The van der Waals surface area contributed by atoms with Crippen LogP contribution in [-0.4, -0.2) is 30.3 Å². The van der Waals surface area contributed by atoms with Crippen molar-refractivity contribution in [2.75, 3.05) is 13.1 Å². The van der Waals surface area contributed by atoms with Gasteiger partial charge in [0.1, 0.15) is 0 Å². The molecule has 0 spiro atoms. The van der Waals surface area contributed by atoms with Crippen molar-refractivity contribution in [3.63, 3.8) is 0 Å². The second kappa shape index (κ2) is 8.59. The van der Waals surface area contributed by atoms with E-state index < -0.39 is 6.10 Å². The van der Waals surface area contributed by atoms with E-state index in [0.29, 0.717) is 19.5 Å². The van der Waals surface area contributed by atoms with Gasteiger partial charge in [-0.15, -0.1) is 0 Å². The van der Waals surface area contributed by atoms with E-state index in [1.54, 1.807) is 0 Å². The maximum atomic E-state index is 11.6. The summed E-state index contributed by atoms with van der Waals surface area (Å²) in [5.41, 5.74) is 2.44. The Morgan fingerprint density at radius 2 is 1.80 bits per heavy atom. The number of hydrogen-bond acceptors (Lipinski definition) is 2. The fraction of sp³-hybridized carbons (Fsp3) is 0.562. The molecular formula is C16H26N2O2. The Hall–Kier alpha value is -1.55. The maximum Gasteiger partial charge on any atom is 0.314 e. The third-order valence-electron chi connectivity index (χ3n) is 3.34. The van der Waals surface area contributed by atoms with Crippen molar-refractivity contribution in [3.05, 3.63) is 35.4 Å². The Kier molecular flexibility index (Phi) is 7.09. The van der Waals surface area contributed by atoms with Gasteiger partial charge in [-0.1, -0.05) is 50.1 Å². The van der Waals surface area contributed by atoms with Crippen molar-refractivity contribution >= 4 is 6.03 Å². The molecular weight excluding hydrogens is 252 g/mol. The lowest BCUT2D eigenvalue weighted by molar-refractivity contribution is 0.160. The standard InChI is InChI=1S/C16H26N2O2/c1-4-5-15(19)11-18-16(20)17-10-13(3)14-8-6-12(2)7-9-14/h6-9,13,15,19H,4-5,10-11H2,1-3H3,(H2,17,18,20). The summed E-state index contributed by atoms with van der Waals surface area (Å²) in [6.45, 7) is 7.03. The molecule has 1 aromatic rings. The summed E-state index contributed by atoms with van der Waals surface area (Å²) < 4.78 is 0. The molecule has 0 fully saturated rings. The van der Waals surface area contributed by atoms with Crippen molar-refractivity contribution in [2.24, 2.45) is 0 Å². The highest BCUT2D eigenvalue weighted by Gasteiger charge is 2.09. The van der Waals surface area contributed by atoms with Crippen LogP contribution in [0.5, 0.6) is 0 Å². The molecule has 2 atom stereocenters. The second-order valence-corrected chi connectivity index (χ2v) is 5.35. The lowest BCUT2D eigenvalue weighted by atomic mass is 10.0. The number of rotatable bonds is 7. The van der Waals surface area contributed by atoms with Gasteiger partial charge in [0.2, 0.25) is 0 Å². The molecule has 20 heavy (non-hydrogen) atoms. The number of hydrogen-bond donors (Lipinski definition) is 3. The maximum absolute atomic E-state index is 11.6. The molecule has 0 radical (unpaired) electrons. The molecule has 0 saturated carbocycles. The molecule has 4 nitrogen and oxygen atoms in total. The van der Waals surface area contributed by atoms with Crippen LogP contribution in [-0.2, 0) is 0 Å². The quantitative estimate of drug-likeness (QED) is 0.718. The third kappa shape index (κ3) is 6.06. The molecule has 0 bridgehead atoms. The number of nitrogens with one attached hydrogen (secondary N) is 2. The topological polar surface area (TPSA) is 61.4 Å². The van der Waals surface area contributed by atoms with Gasteiger partial charge < -0.3 is 15.7 Å². The first kappa shape index (κ1) is 16.5. The van der Waals surface area contributed by atoms with E-state index in [-0.39, 0.29) is 11.9 Å². The Labute approximate surface area is 121 Å². The number of carbonyl (C=O) groups excluding carboxylic acids is 1. The van der Waals surface area contributed by atoms with Crippen LogP contribution in [0.1, 0.15) is 43.7 Å². The average molecular weight is 278 g/mol. The summed E-state index contributed by atoms with van der Waals surface area (Å²) in [6, 6.07) is 8.11. The lowest BCUT2D eigenvalue weighted by Crippen LogP contribution is -2.41. The highest BCUT2D eigenvalue weighted by molar-refractivity contribution is 5.73. The number of urea groups is 1. The van der Waals surface area contributed by atoms with Crippen LogP contribution >= 0.6 is 0 Å². The molecule has 0 aliphatic heterocycles. The fourth-order valence-corrected chi connectivity index (χ4v) is 1.97. The zero-order chi connectivity index (χ0) is 15.0.